The highest BCUT2D eigenvalue weighted by Crippen LogP contribution is 2.22. The highest BCUT2D eigenvalue weighted by molar-refractivity contribution is 6.31. The van der Waals surface area contributed by atoms with E-state index in [0.717, 1.165) is 21.9 Å². The Morgan fingerprint density at radius 1 is 1.14 bits per heavy atom. The number of pyridine rings is 1. The SMILES string of the molecule is C[C@H](NCc1cn2cc(Cl)ccc2n1)c1ccccc1Cl. The molecule has 2 aromatic heterocycles. The van der Waals surface area contributed by atoms with Crippen molar-refractivity contribution in [3.05, 3.63) is 70.1 Å². The lowest BCUT2D eigenvalue weighted by Gasteiger charge is -2.14. The molecule has 3 aromatic rings. The first kappa shape index (κ1) is 14.4. The van der Waals surface area contributed by atoms with Crippen molar-refractivity contribution in [2.24, 2.45) is 0 Å². The molecule has 0 unspecified atom stereocenters. The summed E-state index contributed by atoms with van der Waals surface area (Å²) in [5, 5.41) is 4.91. The van der Waals surface area contributed by atoms with Gasteiger partial charge < -0.3 is 9.72 Å². The van der Waals surface area contributed by atoms with Gasteiger partial charge >= 0.3 is 0 Å². The number of hydrogen-bond acceptors (Lipinski definition) is 2. The van der Waals surface area contributed by atoms with Crippen LogP contribution >= 0.6 is 23.2 Å². The largest absolute Gasteiger partial charge is 0.305 e. The van der Waals surface area contributed by atoms with Crippen molar-refractivity contribution in [2.45, 2.75) is 19.5 Å². The van der Waals surface area contributed by atoms with Crippen LogP contribution in [-0.4, -0.2) is 9.38 Å². The molecule has 0 spiro atoms. The highest BCUT2D eigenvalue weighted by atomic mass is 35.5. The number of nitrogens with zero attached hydrogens (tertiary/aromatic N) is 2. The first-order chi connectivity index (χ1) is 10.1. The van der Waals surface area contributed by atoms with Crippen molar-refractivity contribution in [1.82, 2.24) is 14.7 Å². The van der Waals surface area contributed by atoms with Gasteiger partial charge in [-0.2, -0.15) is 0 Å². The number of fused-ring (bicyclic) bond motifs is 1. The molecule has 1 N–H and O–H groups in total. The smallest absolute Gasteiger partial charge is 0.137 e. The van der Waals surface area contributed by atoms with Crippen LogP contribution in [0.1, 0.15) is 24.2 Å². The van der Waals surface area contributed by atoms with Crippen molar-refractivity contribution < 1.29 is 0 Å². The van der Waals surface area contributed by atoms with Crippen LogP contribution in [0.2, 0.25) is 10.0 Å². The zero-order valence-electron chi connectivity index (χ0n) is 11.6. The van der Waals surface area contributed by atoms with E-state index in [9.17, 15) is 0 Å². The topological polar surface area (TPSA) is 29.3 Å². The molecule has 2 heterocycles. The molecule has 1 atom stereocenters. The van der Waals surface area contributed by atoms with E-state index in [1.54, 1.807) is 0 Å². The number of imidazole rings is 1. The van der Waals surface area contributed by atoms with E-state index in [-0.39, 0.29) is 6.04 Å². The summed E-state index contributed by atoms with van der Waals surface area (Å²) in [5.41, 5.74) is 2.95. The van der Waals surface area contributed by atoms with Gasteiger partial charge in [0, 0.05) is 30.0 Å². The van der Waals surface area contributed by atoms with E-state index in [4.69, 9.17) is 23.2 Å². The highest BCUT2D eigenvalue weighted by Gasteiger charge is 2.09. The lowest BCUT2D eigenvalue weighted by atomic mass is 10.1. The Bertz CT molecular complexity index is 767. The van der Waals surface area contributed by atoms with E-state index in [1.165, 1.54) is 0 Å². The molecule has 3 nitrogen and oxygen atoms in total. The predicted molar refractivity (Wildman–Crippen MR) is 86.9 cm³/mol. The Morgan fingerprint density at radius 3 is 2.76 bits per heavy atom. The third-order valence-corrected chi connectivity index (χ3v) is 3.99. The molecule has 0 amide bonds. The molecule has 0 radical (unpaired) electrons. The van der Waals surface area contributed by atoms with Gasteiger partial charge in [0.1, 0.15) is 5.65 Å². The number of benzene rings is 1. The summed E-state index contributed by atoms with van der Waals surface area (Å²) in [4.78, 5) is 4.55. The van der Waals surface area contributed by atoms with Crippen LogP contribution in [0.15, 0.2) is 48.8 Å². The molecule has 0 aliphatic rings. The lowest BCUT2D eigenvalue weighted by Crippen LogP contribution is -2.18. The lowest BCUT2D eigenvalue weighted by molar-refractivity contribution is 0.569. The van der Waals surface area contributed by atoms with Gasteiger partial charge in [-0.1, -0.05) is 41.4 Å². The molecular formula is C16H15Cl2N3. The molecule has 0 fully saturated rings. The van der Waals surface area contributed by atoms with Gasteiger partial charge in [0.2, 0.25) is 0 Å². The molecule has 0 aliphatic heterocycles. The first-order valence-corrected chi connectivity index (χ1v) is 7.50. The Morgan fingerprint density at radius 2 is 1.95 bits per heavy atom. The van der Waals surface area contributed by atoms with Crippen LogP contribution in [0.5, 0.6) is 0 Å². The zero-order valence-corrected chi connectivity index (χ0v) is 13.1. The quantitative estimate of drug-likeness (QED) is 0.767. The minimum atomic E-state index is 0.159. The fourth-order valence-electron chi connectivity index (χ4n) is 2.30. The molecule has 108 valence electrons. The molecule has 5 heteroatoms. The minimum absolute atomic E-state index is 0.159. The van der Waals surface area contributed by atoms with Crippen LogP contribution in [0.25, 0.3) is 5.65 Å². The normalized spacial score (nSPS) is 12.7. The van der Waals surface area contributed by atoms with Gasteiger partial charge in [-0.3, -0.25) is 0 Å². The molecule has 0 saturated carbocycles. The Hall–Kier alpha value is -1.55. The van der Waals surface area contributed by atoms with Crippen LogP contribution in [-0.2, 0) is 6.54 Å². The molecule has 21 heavy (non-hydrogen) atoms. The van der Waals surface area contributed by atoms with Crippen molar-refractivity contribution >= 4 is 28.8 Å². The first-order valence-electron chi connectivity index (χ1n) is 6.74. The van der Waals surface area contributed by atoms with Gasteiger partial charge in [0.15, 0.2) is 0 Å². The maximum Gasteiger partial charge on any atom is 0.137 e. The summed E-state index contributed by atoms with van der Waals surface area (Å²) < 4.78 is 1.93. The summed E-state index contributed by atoms with van der Waals surface area (Å²) in [6.45, 7) is 2.76. The third kappa shape index (κ3) is 3.21. The second kappa shape index (κ2) is 6.06. The molecule has 0 bridgehead atoms. The van der Waals surface area contributed by atoms with E-state index < -0.39 is 0 Å². The van der Waals surface area contributed by atoms with Crippen LogP contribution in [0.4, 0.5) is 0 Å². The van der Waals surface area contributed by atoms with Crippen molar-refractivity contribution in [1.29, 1.82) is 0 Å². The fraction of sp³-hybridized carbons (Fsp3) is 0.188. The predicted octanol–water partition coefficient (Wildman–Crippen LogP) is 4.49. The molecule has 3 rings (SSSR count). The number of hydrogen-bond donors (Lipinski definition) is 1. The van der Waals surface area contributed by atoms with Gasteiger partial charge in [-0.05, 0) is 30.7 Å². The summed E-state index contributed by atoms with van der Waals surface area (Å²) in [7, 11) is 0. The molecule has 1 aromatic carbocycles. The number of nitrogens with one attached hydrogen (secondary N) is 1. The monoisotopic (exact) mass is 319 g/mol. The second-order valence-corrected chi connectivity index (χ2v) is 5.81. The Kier molecular flexibility index (Phi) is 4.15. The fourth-order valence-corrected chi connectivity index (χ4v) is 2.76. The summed E-state index contributed by atoms with van der Waals surface area (Å²) >= 11 is 12.2. The van der Waals surface area contributed by atoms with E-state index in [1.807, 2.05) is 53.2 Å². The Labute approximate surface area is 133 Å². The van der Waals surface area contributed by atoms with Crippen LogP contribution < -0.4 is 5.32 Å². The van der Waals surface area contributed by atoms with Crippen molar-refractivity contribution in [3.8, 4) is 0 Å². The minimum Gasteiger partial charge on any atom is -0.305 e. The molecular weight excluding hydrogens is 305 g/mol. The summed E-state index contributed by atoms with van der Waals surface area (Å²) in [6, 6.07) is 11.8. The van der Waals surface area contributed by atoms with E-state index >= 15 is 0 Å². The van der Waals surface area contributed by atoms with Crippen LogP contribution in [0.3, 0.4) is 0 Å². The van der Waals surface area contributed by atoms with Gasteiger partial charge in [-0.15, -0.1) is 0 Å². The van der Waals surface area contributed by atoms with Gasteiger partial charge in [-0.25, -0.2) is 4.98 Å². The zero-order chi connectivity index (χ0) is 14.8. The number of rotatable bonds is 4. The number of halogens is 2. The summed E-state index contributed by atoms with van der Waals surface area (Å²) in [6.07, 6.45) is 3.83. The standard InChI is InChI=1S/C16H15Cl2N3/c1-11(14-4-2-3-5-15(14)18)19-8-13-10-21-9-12(17)6-7-16(21)20-13/h2-7,9-11,19H,8H2,1H3/t11-/m0/s1. The average molecular weight is 320 g/mol. The molecule has 0 aliphatic carbocycles. The average Bonchev–Trinajstić information content (AvgIpc) is 2.87. The van der Waals surface area contributed by atoms with E-state index in [2.05, 4.69) is 17.2 Å². The molecule has 0 saturated heterocycles. The van der Waals surface area contributed by atoms with Crippen molar-refractivity contribution in [2.75, 3.05) is 0 Å². The summed E-state index contributed by atoms with van der Waals surface area (Å²) in [5.74, 6) is 0. The van der Waals surface area contributed by atoms with Gasteiger partial charge in [0.25, 0.3) is 0 Å². The Balaban J connectivity index is 1.73. The maximum absolute atomic E-state index is 6.21. The van der Waals surface area contributed by atoms with Crippen LogP contribution in [0, 0.1) is 0 Å². The third-order valence-electron chi connectivity index (χ3n) is 3.43. The second-order valence-electron chi connectivity index (χ2n) is 4.97. The number of aromatic nitrogens is 2. The van der Waals surface area contributed by atoms with Crippen molar-refractivity contribution in [3.63, 3.8) is 0 Å². The van der Waals surface area contributed by atoms with Gasteiger partial charge in [0.05, 0.1) is 10.7 Å². The van der Waals surface area contributed by atoms with E-state index in [0.29, 0.717) is 11.6 Å². The maximum atomic E-state index is 6.21.